The average Bonchev–Trinajstić information content (AvgIpc) is 3.63. The van der Waals surface area contributed by atoms with Crippen LogP contribution >= 0.6 is 0 Å². The molecule has 0 radical (unpaired) electrons. The SMILES string of the molecule is C.C.C.C.C=CC1CC(/C=C\C2CC(C=C)C(COC(=O)NCCOC(=O)C(=C)C)C2)C(CN2C(=O)c3ccccc3C2=O)C1.[HH].[HH]. The van der Waals surface area contributed by atoms with E-state index in [9.17, 15) is 19.2 Å². The van der Waals surface area contributed by atoms with Crippen molar-refractivity contribution in [1.29, 1.82) is 0 Å². The molecule has 1 N–H and O–H groups in total. The zero-order valence-corrected chi connectivity index (χ0v) is 23.8. The lowest BCUT2D eigenvalue weighted by Gasteiger charge is -2.22. The van der Waals surface area contributed by atoms with Gasteiger partial charge in [-0.2, -0.15) is 0 Å². The van der Waals surface area contributed by atoms with Crippen LogP contribution in [-0.2, 0) is 14.3 Å². The molecule has 0 aromatic heterocycles. The van der Waals surface area contributed by atoms with E-state index in [2.05, 4.69) is 37.2 Å². The van der Waals surface area contributed by atoms with Crippen LogP contribution in [0.2, 0.25) is 0 Å². The number of rotatable bonds is 12. The number of carbonyl (C=O) groups is 4. The molecule has 8 heteroatoms. The molecule has 3 amide bonds. The smallest absolute Gasteiger partial charge is 0.407 e. The quantitative estimate of drug-likeness (QED) is 0.0820. The third kappa shape index (κ3) is 10.0. The Morgan fingerprint density at radius 3 is 2.07 bits per heavy atom. The van der Waals surface area contributed by atoms with E-state index < -0.39 is 12.1 Å². The molecule has 0 spiro atoms. The van der Waals surface area contributed by atoms with Gasteiger partial charge in [-0.05, 0) is 74.3 Å². The number of amides is 3. The van der Waals surface area contributed by atoms with Crippen LogP contribution in [0.5, 0.6) is 0 Å². The van der Waals surface area contributed by atoms with Crippen molar-refractivity contribution in [3.05, 3.63) is 85.0 Å². The van der Waals surface area contributed by atoms with Crippen molar-refractivity contribution in [1.82, 2.24) is 10.2 Å². The Kier molecular flexibility index (Phi) is 17.1. The summed E-state index contributed by atoms with van der Waals surface area (Å²) in [7, 11) is 0. The lowest BCUT2D eigenvalue weighted by molar-refractivity contribution is -0.138. The zero-order chi connectivity index (χ0) is 29.5. The number of benzene rings is 1. The van der Waals surface area contributed by atoms with Crippen molar-refractivity contribution >= 4 is 23.9 Å². The molecule has 0 saturated heterocycles. The fraction of sp³-hybridized carbons (Fsp3) is 0.514. The number of imide groups is 1. The van der Waals surface area contributed by atoms with Gasteiger partial charge < -0.3 is 14.8 Å². The molecule has 2 saturated carbocycles. The van der Waals surface area contributed by atoms with Gasteiger partial charge in [-0.3, -0.25) is 14.5 Å². The number of hydrogen-bond donors (Lipinski definition) is 1. The van der Waals surface area contributed by atoms with Crippen LogP contribution in [0.3, 0.4) is 0 Å². The van der Waals surface area contributed by atoms with Gasteiger partial charge in [-0.25, -0.2) is 9.59 Å². The molecule has 3 aliphatic rings. The number of hydrogen-bond acceptors (Lipinski definition) is 6. The highest BCUT2D eigenvalue weighted by Gasteiger charge is 2.40. The maximum atomic E-state index is 13.0. The van der Waals surface area contributed by atoms with E-state index >= 15 is 0 Å². The largest absolute Gasteiger partial charge is 0.460 e. The molecule has 4 rings (SSSR count). The Morgan fingerprint density at radius 1 is 0.889 bits per heavy atom. The van der Waals surface area contributed by atoms with Crippen LogP contribution in [0, 0.1) is 35.5 Å². The van der Waals surface area contributed by atoms with Crippen molar-refractivity contribution < 1.29 is 31.5 Å². The number of nitrogens with one attached hydrogen (secondary N) is 1. The number of alkyl carbamates (subject to hydrolysis) is 1. The molecule has 1 aromatic rings. The van der Waals surface area contributed by atoms with Crippen LogP contribution < -0.4 is 5.32 Å². The first-order valence-electron chi connectivity index (χ1n) is 14.3. The molecular formula is C37H60N2O6. The molecule has 6 atom stereocenters. The summed E-state index contributed by atoms with van der Waals surface area (Å²) in [5.41, 5.74) is 1.27. The molecular weight excluding hydrogens is 568 g/mol. The molecule has 1 aromatic carbocycles. The summed E-state index contributed by atoms with van der Waals surface area (Å²) in [5.74, 6) is 0.555. The third-order valence-electron chi connectivity index (χ3n) is 8.52. The second-order valence-electron chi connectivity index (χ2n) is 11.4. The van der Waals surface area contributed by atoms with Gasteiger partial charge in [0, 0.05) is 20.9 Å². The topological polar surface area (TPSA) is 102 Å². The third-order valence-corrected chi connectivity index (χ3v) is 8.52. The van der Waals surface area contributed by atoms with Crippen LogP contribution in [0.4, 0.5) is 4.79 Å². The molecule has 0 bridgehead atoms. The summed E-state index contributed by atoms with van der Waals surface area (Å²) in [6.45, 7) is 14.0. The normalized spacial score (nSPS) is 24.7. The Labute approximate surface area is 274 Å². The van der Waals surface area contributed by atoms with Gasteiger partial charge in [-0.15, -0.1) is 13.2 Å². The Hall–Kier alpha value is -3.94. The van der Waals surface area contributed by atoms with Crippen molar-refractivity contribution in [3.8, 4) is 0 Å². The molecule has 1 aliphatic heterocycles. The lowest BCUT2D eigenvalue weighted by atomic mass is 9.93. The van der Waals surface area contributed by atoms with Crippen molar-refractivity contribution in [2.45, 2.75) is 62.3 Å². The number of esters is 1. The molecule has 1 heterocycles. The minimum Gasteiger partial charge on any atom is -0.460 e. The first-order chi connectivity index (χ1) is 19.7. The van der Waals surface area contributed by atoms with Crippen molar-refractivity contribution in [2.75, 3.05) is 26.3 Å². The lowest BCUT2D eigenvalue weighted by Crippen LogP contribution is -2.35. The second-order valence-corrected chi connectivity index (χ2v) is 11.4. The molecule has 2 aliphatic carbocycles. The van der Waals surface area contributed by atoms with E-state index in [1.807, 2.05) is 12.2 Å². The van der Waals surface area contributed by atoms with Gasteiger partial charge >= 0.3 is 12.1 Å². The molecule has 2 fully saturated rings. The van der Waals surface area contributed by atoms with Crippen LogP contribution in [0.25, 0.3) is 0 Å². The number of carbonyl (C=O) groups excluding carboxylic acids is 4. The highest BCUT2D eigenvalue weighted by molar-refractivity contribution is 6.21. The van der Waals surface area contributed by atoms with E-state index in [0.717, 1.165) is 25.7 Å². The summed E-state index contributed by atoms with van der Waals surface area (Å²) < 4.78 is 10.4. The van der Waals surface area contributed by atoms with E-state index in [4.69, 9.17) is 9.47 Å². The Bertz CT molecular complexity index is 1210. The summed E-state index contributed by atoms with van der Waals surface area (Å²) >= 11 is 0. The second kappa shape index (κ2) is 18.8. The molecule has 6 unspecified atom stereocenters. The van der Waals surface area contributed by atoms with Gasteiger partial charge in [0.2, 0.25) is 0 Å². The van der Waals surface area contributed by atoms with Gasteiger partial charge in [-0.1, -0.05) is 72.7 Å². The summed E-state index contributed by atoms with van der Waals surface area (Å²) in [4.78, 5) is 50.8. The monoisotopic (exact) mass is 628 g/mol. The Balaban J connectivity index is -0.00000323. The molecule has 254 valence electrons. The van der Waals surface area contributed by atoms with Crippen LogP contribution in [0.15, 0.2) is 73.9 Å². The number of nitrogens with zero attached hydrogens (tertiary/aromatic N) is 1. The van der Waals surface area contributed by atoms with E-state index in [1.54, 1.807) is 31.2 Å². The minimum absolute atomic E-state index is 0. The predicted octanol–water partition coefficient (Wildman–Crippen LogP) is 8.38. The first-order valence-corrected chi connectivity index (χ1v) is 14.3. The van der Waals surface area contributed by atoms with Gasteiger partial charge in [0.1, 0.15) is 6.61 Å². The fourth-order valence-electron chi connectivity index (χ4n) is 6.27. The highest BCUT2D eigenvalue weighted by Crippen LogP contribution is 2.42. The van der Waals surface area contributed by atoms with Crippen molar-refractivity contribution in [2.24, 2.45) is 35.5 Å². The average molecular weight is 629 g/mol. The van der Waals surface area contributed by atoms with E-state index in [-0.39, 0.29) is 87.8 Å². The molecule has 8 nitrogen and oxygen atoms in total. The highest BCUT2D eigenvalue weighted by atomic mass is 16.6. The zero-order valence-electron chi connectivity index (χ0n) is 23.8. The maximum absolute atomic E-state index is 13.0. The first kappa shape index (κ1) is 41.1. The minimum atomic E-state index is -0.546. The fourth-order valence-corrected chi connectivity index (χ4v) is 6.27. The van der Waals surface area contributed by atoms with Gasteiger partial charge in [0.15, 0.2) is 0 Å². The van der Waals surface area contributed by atoms with Crippen LogP contribution in [-0.4, -0.2) is 55.1 Å². The van der Waals surface area contributed by atoms with Gasteiger partial charge in [0.25, 0.3) is 11.8 Å². The summed E-state index contributed by atoms with van der Waals surface area (Å²) in [5, 5.41) is 2.60. The number of ether oxygens (including phenoxy) is 2. The van der Waals surface area contributed by atoms with E-state index in [0.29, 0.717) is 35.1 Å². The maximum Gasteiger partial charge on any atom is 0.407 e. The van der Waals surface area contributed by atoms with Gasteiger partial charge in [0.05, 0.1) is 24.3 Å². The molecule has 45 heavy (non-hydrogen) atoms. The summed E-state index contributed by atoms with van der Waals surface area (Å²) in [6.07, 6.45) is 11.5. The predicted molar refractivity (Wildman–Crippen MR) is 187 cm³/mol. The summed E-state index contributed by atoms with van der Waals surface area (Å²) in [6, 6.07) is 7.01. The van der Waals surface area contributed by atoms with E-state index in [1.165, 1.54) is 4.90 Å². The van der Waals surface area contributed by atoms with Crippen LogP contribution in [0.1, 0.15) is 85.9 Å². The number of allylic oxidation sites excluding steroid dienone is 4. The number of fused-ring (bicyclic) bond motifs is 1. The standard InChI is InChI=1S/C33H40N2O6.4CH4.2H2/c1-5-22-15-25(26(16-22)19-35-30(36)28-9-7-8-10-29(28)31(35)37)12-11-23-17-24(6-2)27(18-23)20-41-33(39)34-13-14-40-32(38)21(3)4;;;;;;/h5-12,22-27H,1-3,13-20H2,4H3,(H,34,39);4*1H4;2*1H/b12-11-;;;;;;. The van der Waals surface area contributed by atoms with Crippen molar-refractivity contribution in [3.63, 3.8) is 0 Å². The Morgan fingerprint density at radius 2 is 1.49 bits per heavy atom.